The van der Waals surface area contributed by atoms with E-state index in [0.29, 0.717) is 11.1 Å². The molecule has 2 atom stereocenters. The van der Waals surface area contributed by atoms with Gasteiger partial charge in [-0.15, -0.1) is 5.75 Å². The second kappa shape index (κ2) is 5.52. The Kier molecular flexibility index (Phi) is 4.84. The molecule has 0 fully saturated rings. The van der Waals surface area contributed by atoms with Crippen molar-refractivity contribution in [1.29, 1.82) is 0 Å². The summed E-state index contributed by atoms with van der Waals surface area (Å²) in [5.74, 6) is -1.02. The predicted molar refractivity (Wildman–Crippen MR) is 77.7 cm³/mol. The van der Waals surface area contributed by atoms with E-state index in [1.807, 2.05) is 13.8 Å². The number of carbonyl (C=O) groups is 1. The molecule has 1 aromatic rings. The Labute approximate surface area is 122 Å². The van der Waals surface area contributed by atoms with Gasteiger partial charge >= 0.3 is 5.97 Å². The first-order valence-electron chi connectivity index (χ1n) is 4.71. The van der Waals surface area contributed by atoms with E-state index in [0.717, 1.165) is 0 Å². The summed E-state index contributed by atoms with van der Waals surface area (Å²) >= 11 is 4.24. The van der Waals surface area contributed by atoms with Gasteiger partial charge in [0.25, 0.3) is 0 Å². The van der Waals surface area contributed by atoms with Crippen LogP contribution in [0.1, 0.15) is 43.2 Å². The molecule has 16 heavy (non-hydrogen) atoms. The number of hydrogen-bond acceptors (Lipinski definition) is 2. The third-order valence-corrected chi connectivity index (χ3v) is 3.59. The molecule has 0 aliphatic carbocycles. The highest BCUT2D eigenvalue weighted by atomic mass is 127. The molecule has 0 bridgehead atoms. The van der Waals surface area contributed by atoms with Gasteiger partial charge in [0, 0.05) is 7.85 Å². The molecule has 0 heterocycles. The van der Waals surface area contributed by atoms with Gasteiger partial charge in [-0.1, -0.05) is 45.2 Å². The van der Waals surface area contributed by atoms with Gasteiger partial charge in [-0.25, -0.2) is 4.79 Å². The fourth-order valence-corrected chi connectivity index (χ4v) is 2.31. The number of benzene rings is 1. The minimum Gasteiger partial charge on any atom is -0.872 e. The lowest BCUT2D eigenvalue weighted by Gasteiger charge is -2.23. The molecular weight excluding hydrogens is 434 g/mol. The van der Waals surface area contributed by atoms with Crippen LogP contribution in [-0.4, -0.2) is 11.1 Å². The molecule has 1 N–H and O–H groups in total. The van der Waals surface area contributed by atoms with Gasteiger partial charge in [-0.3, -0.25) is 0 Å². The smallest absolute Gasteiger partial charge is 0.335 e. The third kappa shape index (κ3) is 2.99. The maximum Gasteiger partial charge on any atom is 0.335 e. The van der Waals surface area contributed by atoms with Crippen molar-refractivity contribution in [3.05, 3.63) is 28.8 Å². The maximum absolute atomic E-state index is 12.0. The Bertz CT molecular complexity index is 385. The number of aromatic carboxylic acids is 1. The number of rotatable bonds is 3. The van der Waals surface area contributed by atoms with E-state index in [-0.39, 0.29) is 19.2 Å². The van der Waals surface area contributed by atoms with Crippen molar-refractivity contribution in [1.82, 2.24) is 0 Å². The molecule has 3 nitrogen and oxygen atoms in total. The normalized spacial score (nSPS) is 14.5. The van der Waals surface area contributed by atoms with Crippen LogP contribution in [0.2, 0.25) is 0 Å². The lowest BCUT2D eigenvalue weighted by Crippen LogP contribution is -2.07. The highest BCUT2D eigenvalue weighted by Crippen LogP contribution is 2.37. The van der Waals surface area contributed by atoms with Crippen molar-refractivity contribution < 1.29 is 15.0 Å². The van der Waals surface area contributed by atoms with Crippen molar-refractivity contribution >= 4 is 51.2 Å². The molecule has 88 valence electrons. The monoisotopic (exact) mass is 445 g/mol. The largest absolute Gasteiger partial charge is 0.872 e. The average Bonchev–Trinajstić information content (AvgIpc) is 2.16. The fraction of sp³-hybridized carbons (Fsp3) is 0.364. The van der Waals surface area contributed by atoms with Gasteiger partial charge in [0.2, 0.25) is 0 Å². The molecule has 1 rings (SSSR count). The Hall–Kier alpha value is -0.0500. The highest BCUT2D eigenvalue weighted by Gasteiger charge is 2.14. The van der Waals surface area contributed by atoms with Crippen LogP contribution in [-0.2, 0) is 0 Å². The second-order valence-electron chi connectivity index (χ2n) is 3.52. The van der Waals surface area contributed by atoms with Crippen molar-refractivity contribution in [3.8, 4) is 5.75 Å². The molecule has 0 spiro atoms. The van der Waals surface area contributed by atoms with E-state index in [1.165, 1.54) is 12.1 Å². The number of hydrogen-bond donors (Lipinski definition) is 1. The summed E-state index contributed by atoms with van der Waals surface area (Å²) < 4.78 is 0.0246. The number of halogens is 2. The van der Waals surface area contributed by atoms with Gasteiger partial charge < -0.3 is 10.2 Å². The highest BCUT2D eigenvalue weighted by molar-refractivity contribution is 14.1. The molecule has 0 radical (unpaired) electrons. The molecular formula is C11H11I2O3-. The van der Waals surface area contributed by atoms with Gasteiger partial charge in [-0.2, -0.15) is 0 Å². The molecule has 2 unspecified atom stereocenters. The zero-order chi connectivity index (χ0) is 12.5. The van der Waals surface area contributed by atoms with Crippen LogP contribution in [0.5, 0.6) is 5.75 Å². The Morgan fingerprint density at radius 3 is 1.88 bits per heavy atom. The SMILES string of the molecule is CC(I)c1cc(C(=O)O)cc(C(C)I)c1[O-]. The minimum absolute atomic E-state index is 0.0123. The lowest BCUT2D eigenvalue weighted by molar-refractivity contribution is -0.270. The first-order valence-corrected chi connectivity index (χ1v) is 7.20. The standard InChI is InChI=1S/C11H12I2O3/c1-5(12)8-3-7(11(15)16)4-9(6(2)13)10(8)14/h3-6,14H,1-2H3,(H,15,16)/p-1. The van der Waals surface area contributed by atoms with Crippen molar-refractivity contribution in [2.24, 2.45) is 0 Å². The minimum atomic E-state index is -0.989. The quantitative estimate of drug-likeness (QED) is 0.573. The van der Waals surface area contributed by atoms with E-state index >= 15 is 0 Å². The molecule has 0 amide bonds. The van der Waals surface area contributed by atoms with E-state index in [1.54, 1.807) is 0 Å². The summed E-state index contributed by atoms with van der Waals surface area (Å²) in [6.07, 6.45) is 0. The van der Waals surface area contributed by atoms with E-state index in [2.05, 4.69) is 45.2 Å². The van der Waals surface area contributed by atoms with Crippen LogP contribution in [0.25, 0.3) is 0 Å². The molecule has 1 aromatic carbocycles. The first-order chi connectivity index (χ1) is 7.34. The van der Waals surface area contributed by atoms with Crippen LogP contribution in [0.3, 0.4) is 0 Å². The van der Waals surface area contributed by atoms with Gasteiger partial charge in [-0.05, 0) is 37.1 Å². The van der Waals surface area contributed by atoms with E-state index < -0.39 is 5.97 Å². The number of carboxylic acids is 1. The summed E-state index contributed by atoms with van der Waals surface area (Å²) in [6, 6.07) is 2.95. The zero-order valence-electron chi connectivity index (χ0n) is 8.83. The predicted octanol–water partition coefficient (Wildman–Crippen LogP) is 3.45. The van der Waals surface area contributed by atoms with E-state index in [9.17, 15) is 9.90 Å². The van der Waals surface area contributed by atoms with Gasteiger partial charge in [0.15, 0.2) is 0 Å². The number of carboxylic acid groups (broad SMARTS) is 1. The summed E-state index contributed by atoms with van der Waals surface area (Å²) in [4.78, 5) is 11.0. The first kappa shape index (κ1) is 14.0. The van der Waals surface area contributed by atoms with Crippen LogP contribution in [0.15, 0.2) is 12.1 Å². The van der Waals surface area contributed by atoms with Crippen molar-refractivity contribution in [3.63, 3.8) is 0 Å². The Morgan fingerprint density at radius 2 is 1.62 bits per heavy atom. The Balaban J connectivity index is 3.45. The van der Waals surface area contributed by atoms with Gasteiger partial charge in [0.1, 0.15) is 0 Å². The second-order valence-corrected chi connectivity index (χ2v) is 7.26. The van der Waals surface area contributed by atoms with Crippen LogP contribution < -0.4 is 5.11 Å². The summed E-state index contributed by atoms with van der Waals surface area (Å²) in [6.45, 7) is 3.76. The van der Waals surface area contributed by atoms with E-state index in [4.69, 9.17) is 5.11 Å². The summed E-state index contributed by atoms with van der Waals surface area (Å²) in [5, 5.41) is 21.0. The zero-order valence-corrected chi connectivity index (χ0v) is 13.1. The molecule has 0 saturated carbocycles. The third-order valence-electron chi connectivity index (χ3n) is 2.25. The van der Waals surface area contributed by atoms with Crippen LogP contribution >= 0.6 is 45.2 Å². The Morgan fingerprint density at radius 1 is 1.25 bits per heavy atom. The van der Waals surface area contributed by atoms with Crippen LogP contribution in [0, 0.1) is 0 Å². The lowest BCUT2D eigenvalue weighted by atomic mass is 10.0. The van der Waals surface area contributed by atoms with Crippen LogP contribution in [0.4, 0.5) is 0 Å². The van der Waals surface area contributed by atoms with Crippen molar-refractivity contribution in [2.75, 3.05) is 0 Å². The molecule has 0 aromatic heterocycles. The fourth-order valence-electron chi connectivity index (χ4n) is 1.39. The average molecular weight is 445 g/mol. The van der Waals surface area contributed by atoms with Gasteiger partial charge in [0.05, 0.1) is 5.56 Å². The summed E-state index contributed by atoms with van der Waals surface area (Å²) in [7, 11) is 0. The number of alkyl halides is 2. The molecule has 0 aliphatic heterocycles. The maximum atomic E-state index is 12.0. The van der Waals surface area contributed by atoms with Crippen molar-refractivity contribution in [2.45, 2.75) is 21.7 Å². The molecule has 0 saturated heterocycles. The molecule has 5 heteroatoms. The summed E-state index contributed by atoms with van der Waals surface area (Å²) in [5.41, 5.74) is 1.33. The topological polar surface area (TPSA) is 60.4 Å². The molecule has 0 aliphatic rings.